The van der Waals surface area contributed by atoms with E-state index in [0.29, 0.717) is 18.9 Å². The summed E-state index contributed by atoms with van der Waals surface area (Å²) >= 11 is 0. The average Bonchev–Trinajstić information content (AvgIpc) is 2.54. The highest BCUT2D eigenvalue weighted by molar-refractivity contribution is 5.85. The number of phenols is 1. The molecule has 0 heterocycles. The number of hydrogen-bond acceptors (Lipinski definition) is 3. The molecule has 2 aromatic rings. The van der Waals surface area contributed by atoms with E-state index in [1.807, 2.05) is 36.4 Å². The third-order valence-corrected chi connectivity index (χ3v) is 4.28. The van der Waals surface area contributed by atoms with E-state index in [9.17, 15) is 5.11 Å². The highest BCUT2D eigenvalue weighted by atomic mass is 16.5. The lowest BCUT2D eigenvalue weighted by atomic mass is 9.79. The maximum absolute atomic E-state index is 10.7. The molecule has 0 saturated heterocycles. The van der Waals surface area contributed by atoms with E-state index >= 15 is 0 Å². The molecule has 140 valence electrons. The molecule has 26 heavy (non-hydrogen) atoms. The summed E-state index contributed by atoms with van der Waals surface area (Å²) in [5.74, 6) is 1.16. The molecule has 0 aliphatic carbocycles. The van der Waals surface area contributed by atoms with Crippen molar-refractivity contribution in [3.8, 4) is 11.5 Å². The average molecular weight is 354 g/mol. The van der Waals surface area contributed by atoms with E-state index in [0.717, 1.165) is 16.9 Å². The van der Waals surface area contributed by atoms with Crippen LogP contribution in [0, 0.1) is 0 Å². The van der Waals surface area contributed by atoms with Crippen molar-refractivity contribution in [2.24, 2.45) is 4.99 Å². The van der Waals surface area contributed by atoms with Crippen LogP contribution < -0.4 is 4.74 Å². The Kier molecular flexibility index (Phi) is 6.12. The smallest absolute Gasteiger partial charge is 0.128 e. The molecule has 2 aromatic carbocycles. The molecule has 0 atom stereocenters. The normalized spacial score (nSPS) is 12.5. The van der Waals surface area contributed by atoms with E-state index in [-0.39, 0.29) is 10.8 Å². The summed E-state index contributed by atoms with van der Waals surface area (Å²) in [7, 11) is 0. The van der Waals surface area contributed by atoms with Crippen LogP contribution in [0.3, 0.4) is 0 Å². The Hall–Kier alpha value is -2.29. The molecule has 0 fully saturated rings. The molecule has 0 amide bonds. The molecule has 0 spiro atoms. The van der Waals surface area contributed by atoms with Crippen molar-refractivity contribution < 1.29 is 9.84 Å². The standard InChI is InChI=1S/C23H31NO2/c1-22(2,3)18-14-17(21(25)20(15-18)23(4,5)6)16-24-12-13-26-19-10-8-7-9-11-19/h7-11,14-16,25H,12-13H2,1-6H3. The number of benzene rings is 2. The molecule has 1 N–H and O–H groups in total. The second-order valence-electron chi connectivity index (χ2n) is 8.66. The fourth-order valence-corrected chi connectivity index (χ4v) is 2.66. The van der Waals surface area contributed by atoms with Crippen LogP contribution >= 0.6 is 0 Å². The first-order chi connectivity index (χ1) is 12.1. The van der Waals surface area contributed by atoms with Crippen LogP contribution in [-0.2, 0) is 10.8 Å². The van der Waals surface area contributed by atoms with Gasteiger partial charge in [-0.3, -0.25) is 4.99 Å². The first-order valence-electron chi connectivity index (χ1n) is 9.14. The van der Waals surface area contributed by atoms with Gasteiger partial charge >= 0.3 is 0 Å². The Balaban J connectivity index is 2.16. The van der Waals surface area contributed by atoms with Gasteiger partial charge in [0.25, 0.3) is 0 Å². The van der Waals surface area contributed by atoms with Gasteiger partial charge in [-0.25, -0.2) is 0 Å². The number of phenolic OH excluding ortho intramolecular Hbond substituents is 1. The molecular weight excluding hydrogens is 322 g/mol. The van der Waals surface area contributed by atoms with Gasteiger partial charge in [-0.1, -0.05) is 65.8 Å². The molecule has 0 bridgehead atoms. The van der Waals surface area contributed by atoms with Crippen LogP contribution in [0.1, 0.15) is 58.2 Å². The topological polar surface area (TPSA) is 41.8 Å². The number of hydrogen-bond donors (Lipinski definition) is 1. The van der Waals surface area contributed by atoms with Crippen molar-refractivity contribution in [1.29, 1.82) is 0 Å². The first-order valence-corrected chi connectivity index (χ1v) is 9.14. The zero-order valence-electron chi connectivity index (χ0n) is 16.8. The Morgan fingerprint density at radius 2 is 1.62 bits per heavy atom. The minimum Gasteiger partial charge on any atom is -0.507 e. The predicted octanol–water partition coefficient (Wildman–Crippen LogP) is 5.49. The summed E-state index contributed by atoms with van der Waals surface area (Å²) in [5, 5.41) is 10.7. The van der Waals surface area contributed by atoms with E-state index in [4.69, 9.17) is 4.74 Å². The molecule has 0 unspecified atom stereocenters. The van der Waals surface area contributed by atoms with E-state index < -0.39 is 0 Å². The molecule has 3 nitrogen and oxygen atoms in total. The van der Waals surface area contributed by atoms with Crippen LogP contribution in [0.25, 0.3) is 0 Å². The Morgan fingerprint density at radius 1 is 0.962 bits per heavy atom. The van der Waals surface area contributed by atoms with Crippen LogP contribution in [0.4, 0.5) is 0 Å². The number of nitrogens with zero attached hydrogens (tertiary/aromatic N) is 1. The number of para-hydroxylation sites is 1. The lowest BCUT2D eigenvalue weighted by Gasteiger charge is -2.27. The van der Waals surface area contributed by atoms with Crippen LogP contribution in [-0.4, -0.2) is 24.5 Å². The summed E-state index contributed by atoms with van der Waals surface area (Å²) in [6, 6.07) is 13.9. The van der Waals surface area contributed by atoms with Crippen LogP contribution in [0.15, 0.2) is 47.5 Å². The van der Waals surface area contributed by atoms with Gasteiger partial charge < -0.3 is 9.84 Å². The minimum atomic E-state index is -0.135. The lowest BCUT2D eigenvalue weighted by Crippen LogP contribution is -2.17. The Labute approximate surface area is 157 Å². The first kappa shape index (κ1) is 20.0. The van der Waals surface area contributed by atoms with Crippen molar-refractivity contribution >= 4 is 6.21 Å². The van der Waals surface area contributed by atoms with Gasteiger partial charge in [-0.2, -0.15) is 0 Å². The molecule has 0 aromatic heterocycles. The highest BCUT2D eigenvalue weighted by Gasteiger charge is 2.24. The highest BCUT2D eigenvalue weighted by Crippen LogP contribution is 2.37. The van der Waals surface area contributed by atoms with Gasteiger partial charge in [-0.05, 0) is 34.6 Å². The lowest BCUT2D eigenvalue weighted by molar-refractivity contribution is 0.329. The van der Waals surface area contributed by atoms with E-state index in [2.05, 4.69) is 52.6 Å². The summed E-state index contributed by atoms with van der Waals surface area (Å²) in [6.07, 6.45) is 1.76. The zero-order valence-corrected chi connectivity index (χ0v) is 16.8. The summed E-state index contributed by atoms with van der Waals surface area (Å²) < 4.78 is 5.65. The van der Waals surface area contributed by atoms with Crippen molar-refractivity contribution in [2.75, 3.05) is 13.2 Å². The molecule has 0 aliphatic heterocycles. The largest absolute Gasteiger partial charge is 0.507 e. The summed E-state index contributed by atoms with van der Waals surface area (Å²) in [6.45, 7) is 13.9. The molecule has 0 radical (unpaired) electrons. The molecule has 0 saturated carbocycles. The van der Waals surface area contributed by atoms with Crippen molar-refractivity contribution in [3.63, 3.8) is 0 Å². The van der Waals surface area contributed by atoms with E-state index in [1.54, 1.807) is 6.21 Å². The van der Waals surface area contributed by atoms with Gasteiger partial charge in [-0.15, -0.1) is 0 Å². The molecule has 0 aliphatic rings. The van der Waals surface area contributed by atoms with Gasteiger partial charge in [0.05, 0.1) is 6.54 Å². The molecular formula is C23H31NO2. The third kappa shape index (κ3) is 5.35. The minimum absolute atomic E-state index is 0.00666. The second kappa shape index (κ2) is 7.94. The third-order valence-electron chi connectivity index (χ3n) is 4.28. The Bertz CT molecular complexity index is 750. The molecule has 3 heteroatoms. The van der Waals surface area contributed by atoms with E-state index in [1.165, 1.54) is 5.56 Å². The predicted molar refractivity (Wildman–Crippen MR) is 110 cm³/mol. The second-order valence-corrected chi connectivity index (χ2v) is 8.66. The zero-order chi connectivity index (χ0) is 19.4. The quantitative estimate of drug-likeness (QED) is 0.571. The number of ether oxygens (including phenoxy) is 1. The Morgan fingerprint density at radius 3 is 2.19 bits per heavy atom. The number of aromatic hydroxyl groups is 1. The fraction of sp³-hybridized carbons (Fsp3) is 0.435. The monoisotopic (exact) mass is 353 g/mol. The van der Waals surface area contributed by atoms with Crippen molar-refractivity contribution in [1.82, 2.24) is 0 Å². The van der Waals surface area contributed by atoms with Gasteiger partial charge in [0.1, 0.15) is 18.1 Å². The van der Waals surface area contributed by atoms with Crippen molar-refractivity contribution in [3.05, 3.63) is 59.2 Å². The maximum Gasteiger partial charge on any atom is 0.128 e. The van der Waals surface area contributed by atoms with Crippen molar-refractivity contribution in [2.45, 2.75) is 52.4 Å². The van der Waals surface area contributed by atoms with Gasteiger partial charge in [0, 0.05) is 17.3 Å². The van der Waals surface area contributed by atoms with Gasteiger partial charge in [0.2, 0.25) is 0 Å². The molecule has 2 rings (SSSR count). The fourth-order valence-electron chi connectivity index (χ4n) is 2.66. The van der Waals surface area contributed by atoms with Crippen LogP contribution in [0.2, 0.25) is 0 Å². The maximum atomic E-state index is 10.7. The summed E-state index contributed by atoms with van der Waals surface area (Å²) in [5.41, 5.74) is 2.79. The SMILES string of the molecule is CC(C)(C)c1cc(C=NCCOc2ccccc2)c(O)c(C(C)(C)C)c1. The summed E-state index contributed by atoms with van der Waals surface area (Å²) in [4.78, 5) is 4.45. The van der Waals surface area contributed by atoms with Crippen LogP contribution in [0.5, 0.6) is 11.5 Å². The number of rotatable bonds is 5. The van der Waals surface area contributed by atoms with Gasteiger partial charge in [0.15, 0.2) is 0 Å². The number of aliphatic imine (C=N–C) groups is 1.